The highest BCUT2D eigenvalue weighted by Crippen LogP contribution is 2.37. The van der Waals surface area contributed by atoms with Crippen molar-refractivity contribution in [3.63, 3.8) is 0 Å². The van der Waals surface area contributed by atoms with Crippen LogP contribution in [0.2, 0.25) is 0 Å². The minimum absolute atomic E-state index is 0.0224. The number of hydrogen-bond acceptors (Lipinski definition) is 4. The van der Waals surface area contributed by atoms with E-state index in [-0.39, 0.29) is 12.3 Å². The van der Waals surface area contributed by atoms with Crippen LogP contribution in [-0.2, 0) is 15.7 Å². The maximum Gasteiger partial charge on any atom is 0.416 e. The molecule has 182 valence electrons. The van der Waals surface area contributed by atoms with E-state index >= 15 is 0 Å². The van der Waals surface area contributed by atoms with Crippen LogP contribution in [0, 0.1) is 0 Å². The van der Waals surface area contributed by atoms with Gasteiger partial charge in [-0.15, -0.1) is 0 Å². The number of nitrogens with one attached hydrogen (secondary N) is 2. The maximum absolute atomic E-state index is 13.4. The van der Waals surface area contributed by atoms with E-state index in [2.05, 4.69) is 15.2 Å². The minimum Gasteiger partial charge on any atom is -0.497 e. The predicted octanol–water partition coefficient (Wildman–Crippen LogP) is 4.17. The van der Waals surface area contributed by atoms with Gasteiger partial charge in [0.05, 0.1) is 25.9 Å². The van der Waals surface area contributed by atoms with Gasteiger partial charge in [0, 0.05) is 55.6 Å². The Morgan fingerprint density at radius 3 is 2.74 bits per heavy atom. The summed E-state index contributed by atoms with van der Waals surface area (Å²) in [5.41, 5.74) is 1.26. The number of nitrogens with zero attached hydrogens (tertiary/aromatic N) is 1. The topological polar surface area (TPSA) is 66.6 Å². The Labute approximate surface area is 196 Å². The number of aromatic amines is 1. The quantitative estimate of drug-likeness (QED) is 0.514. The molecule has 1 aromatic heterocycles. The standard InChI is InChI=1S/C25H28F3N3O3/c1-33-19-5-6-23-21(14-19)22(16-30-23)20(17-3-2-4-18(13-17)25(26,27)28)15-24(32)29-7-8-31-9-11-34-12-10-31/h2-6,13-14,16,20,30H,7-12,15H2,1H3,(H,29,32)/t20-/m0/s1. The van der Waals surface area contributed by atoms with Gasteiger partial charge in [-0.2, -0.15) is 13.2 Å². The number of H-pyrrole nitrogens is 1. The van der Waals surface area contributed by atoms with Crippen LogP contribution in [0.25, 0.3) is 10.9 Å². The fraction of sp³-hybridized carbons (Fsp3) is 0.400. The van der Waals surface area contributed by atoms with E-state index in [0.29, 0.717) is 37.6 Å². The van der Waals surface area contributed by atoms with Crippen LogP contribution in [-0.4, -0.2) is 62.3 Å². The molecule has 0 bridgehead atoms. The van der Waals surface area contributed by atoms with Crippen LogP contribution in [0.15, 0.2) is 48.7 Å². The molecule has 1 amide bonds. The molecular weight excluding hydrogens is 447 g/mol. The largest absolute Gasteiger partial charge is 0.497 e. The summed E-state index contributed by atoms with van der Waals surface area (Å²) in [4.78, 5) is 18.3. The Hall–Kier alpha value is -3.04. The molecule has 2 aromatic carbocycles. The number of alkyl halides is 3. The maximum atomic E-state index is 13.4. The van der Waals surface area contributed by atoms with E-state index < -0.39 is 17.7 Å². The third kappa shape index (κ3) is 5.71. The number of rotatable bonds is 8. The fourth-order valence-corrected chi connectivity index (χ4v) is 4.31. The van der Waals surface area contributed by atoms with E-state index in [4.69, 9.17) is 9.47 Å². The molecule has 4 rings (SSSR count). The van der Waals surface area contributed by atoms with E-state index in [1.807, 2.05) is 12.1 Å². The van der Waals surface area contributed by atoms with Gasteiger partial charge in [-0.05, 0) is 35.4 Å². The number of methoxy groups -OCH3 is 1. The lowest BCUT2D eigenvalue weighted by Gasteiger charge is -2.26. The van der Waals surface area contributed by atoms with Crippen molar-refractivity contribution in [1.82, 2.24) is 15.2 Å². The third-order valence-electron chi connectivity index (χ3n) is 6.16. The summed E-state index contributed by atoms with van der Waals surface area (Å²) in [5, 5.41) is 3.74. The summed E-state index contributed by atoms with van der Waals surface area (Å²) in [6, 6.07) is 10.7. The molecule has 0 spiro atoms. The van der Waals surface area contributed by atoms with Gasteiger partial charge >= 0.3 is 6.18 Å². The number of hydrogen-bond donors (Lipinski definition) is 2. The summed E-state index contributed by atoms with van der Waals surface area (Å²) in [7, 11) is 1.56. The predicted molar refractivity (Wildman–Crippen MR) is 123 cm³/mol. The molecule has 2 N–H and O–H groups in total. The number of morpholine rings is 1. The number of carbonyl (C=O) groups excluding carboxylic acids is 1. The first-order valence-corrected chi connectivity index (χ1v) is 11.2. The normalized spacial score (nSPS) is 15.9. The first-order valence-electron chi connectivity index (χ1n) is 11.2. The molecule has 6 nitrogen and oxygen atoms in total. The van der Waals surface area contributed by atoms with Crippen molar-refractivity contribution >= 4 is 16.8 Å². The molecule has 0 radical (unpaired) electrons. The Bertz CT molecular complexity index is 1120. The second kappa shape index (κ2) is 10.5. The van der Waals surface area contributed by atoms with Crippen LogP contribution in [0.4, 0.5) is 13.2 Å². The van der Waals surface area contributed by atoms with E-state index in [9.17, 15) is 18.0 Å². The van der Waals surface area contributed by atoms with Gasteiger partial charge in [0.1, 0.15) is 5.75 Å². The summed E-state index contributed by atoms with van der Waals surface area (Å²) in [5.74, 6) is -0.148. The summed E-state index contributed by atoms with van der Waals surface area (Å²) in [6.45, 7) is 4.16. The van der Waals surface area contributed by atoms with Gasteiger partial charge in [-0.25, -0.2) is 0 Å². The molecule has 0 saturated carbocycles. The van der Waals surface area contributed by atoms with Crippen molar-refractivity contribution in [3.05, 3.63) is 65.4 Å². The molecule has 1 atom stereocenters. The summed E-state index contributed by atoms with van der Waals surface area (Å²) < 4.78 is 50.9. The van der Waals surface area contributed by atoms with E-state index in [1.54, 1.807) is 25.4 Å². The Morgan fingerprint density at radius 2 is 2.00 bits per heavy atom. The number of fused-ring (bicyclic) bond motifs is 1. The number of halogens is 3. The minimum atomic E-state index is -4.47. The van der Waals surface area contributed by atoms with Gasteiger partial charge < -0.3 is 19.8 Å². The van der Waals surface area contributed by atoms with Crippen molar-refractivity contribution in [2.24, 2.45) is 0 Å². The van der Waals surface area contributed by atoms with Crippen molar-refractivity contribution in [3.8, 4) is 5.75 Å². The molecule has 1 aliphatic heterocycles. The molecular formula is C25H28F3N3O3. The fourth-order valence-electron chi connectivity index (χ4n) is 4.31. The monoisotopic (exact) mass is 475 g/mol. The first kappa shape index (κ1) is 24.1. The molecule has 0 aliphatic carbocycles. The number of amides is 1. The van der Waals surface area contributed by atoms with Crippen molar-refractivity contribution in [1.29, 1.82) is 0 Å². The number of benzene rings is 2. The SMILES string of the molecule is COc1ccc2[nH]cc([C@@H](CC(=O)NCCN3CCOCC3)c3cccc(C(F)(F)F)c3)c2c1. The highest BCUT2D eigenvalue weighted by molar-refractivity contribution is 5.87. The lowest BCUT2D eigenvalue weighted by Crippen LogP contribution is -2.41. The zero-order chi connectivity index (χ0) is 24.1. The molecule has 1 fully saturated rings. The average Bonchev–Trinajstić information content (AvgIpc) is 3.25. The van der Waals surface area contributed by atoms with E-state index in [1.165, 1.54) is 6.07 Å². The molecule has 1 saturated heterocycles. The smallest absolute Gasteiger partial charge is 0.416 e. The molecule has 2 heterocycles. The van der Waals surface area contributed by atoms with Crippen molar-refractivity contribution in [2.75, 3.05) is 46.5 Å². The second-order valence-electron chi connectivity index (χ2n) is 8.34. The highest BCUT2D eigenvalue weighted by atomic mass is 19.4. The summed E-state index contributed by atoms with van der Waals surface area (Å²) in [6.07, 6.45) is -2.69. The lowest BCUT2D eigenvalue weighted by atomic mass is 9.87. The van der Waals surface area contributed by atoms with Gasteiger partial charge in [-0.3, -0.25) is 9.69 Å². The van der Waals surface area contributed by atoms with Crippen molar-refractivity contribution < 1.29 is 27.4 Å². The van der Waals surface area contributed by atoms with Crippen LogP contribution in [0.3, 0.4) is 0 Å². The molecule has 1 aliphatic rings. The molecule has 0 unspecified atom stereocenters. The zero-order valence-electron chi connectivity index (χ0n) is 19.0. The number of aromatic nitrogens is 1. The zero-order valence-corrected chi connectivity index (χ0v) is 19.0. The van der Waals surface area contributed by atoms with E-state index in [0.717, 1.165) is 41.7 Å². The van der Waals surface area contributed by atoms with Crippen molar-refractivity contribution in [2.45, 2.75) is 18.5 Å². The second-order valence-corrected chi connectivity index (χ2v) is 8.34. The third-order valence-corrected chi connectivity index (χ3v) is 6.16. The lowest BCUT2D eigenvalue weighted by molar-refractivity contribution is -0.137. The van der Waals surface area contributed by atoms with Gasteiger partial charge in [0.2, 0.25) is 5.91 Å². The van der Waals surface area contributed by atoms with Crippen LogP contribution in [0.1, 0.15) is 29.0 Å². The van der Waals surface area contributed by atoms with Crippen LogP contribution >= 0.6 is 0 Å². The first-order chi connectivity index (χ1) is 16.3. The Morgan fingerprint density at radius 1 is 1.21 bits per heavy atom. The number of ether oxygens (including phenoxy) is 2. The summed E-state index contributed by atoms with van der Waals surface area (Å²) >= 11 is 0. The Balaban J connectivity index is 1.59. The van der Waals surface area contributed by atoms with Gasteiger partial charge in [0.15, 0.2) is 0 Å². The average molecular weight is 476 g/mol. The highest BCUT2D eigenvalue weighted by Gasteiger charge is 2.32. The van der Waals surface area contributed by atoms with Crippen LogP contribution < -0.4 is 10.1 Å². The number of carbonyl (C=O) groups is 1. The Kier molecular flexibility index (Phi) is 7.43. The van der Waals surface area contributed by atoms with Gasteiger partial charge in [0.25, 0.3) is 0 Å². The molecule has 34 heavy (non-hydrogen) atoms. The molecule has 3 aromatic rings. The van der Waals surface area contributed by atoms with Crippen LogP contribution in [0.5, 0.6) is 5.75 Å². The molecule has 9 heteroatoms. The van der Waals surface area contributed by atoms with Gasteiger partial charge in [-0.1, -0.05) is 18.2 Å².